The number of ether oxygens (including phenoxy) is 1. The van der Waals surface area contributed by atoms with E-state index in [0.717, 1.165) is 0 Å². The number of aliphatic hydroxyl groups excluding tert-OH is 1. The minimum absolute atomic E-state index is 0.370. The molecule has 0 spiro atoms. The fraction of sp³-hybridized carbons (Fsp3) is 0.429. The van der Waals surface area contributed by atoms with Crippen molar-refractivity contribution in [3.05, 3.63) is 41.7 Å². The minimum atomic E-state index is -0.773. The molecule has 5 nitrogen and oxygen atoms in total. The molecule has 1 aromatic carbocycles. The van der Waals surface area contributed by atoms with Gasteiger partial charge in [0.05, 0.1) is 12.4 Å². The van der Waals surface area contributed by atoms with E-state index in [-0.39, 0.29) is 5.41 Å². The average molecular weight is 296 g/mol. The van der Waals surface area contributed by atoms with Crippen molar-refractivity contribution >= 4 is 11.6 Å². The Kier molecular flexibility index (Phi) is 4.30. The summed E-state index contributed by atoms with van der Waals surface area (Å²) in [5.74, 6) is 0.597. The van der Waals surface area contributed by atoms with Gasteiger partial charge in [-0.25, -0.2) is 0 Å². The second-order valence-electron chi connectivity index (χ2n) is 5.62. The van der Waals surface area contributed by atoms with Gasteiger partial charge >= 0.3 is 0 Å². The molecule has 2 aromatic rings. The SMILES string of the molecule is CC(C)(C)C(O)C(Oc1ccc(Cl)cc1)n1nccn1. The van der Waals surface area contributed by atoms with E-state index in [9.17, 15) is 5.11 Å². The summed E-state index contributed by atoms with van der Waals surface area (Å²) in [4.78, 5) is 1.37. The average Bonchev–Trinajstić information content (AvgIpc) is 2.90. The van der Waals surface area contributed by atoms with Crippen LogP contribution >= 0.6 is 11.6 Å². The van der Waals surface area contributed by atoms with Gasteiger partial charge in [0.25, 0.3) is 0 Å². The summed E-state index contributed by atoms with van der Waals surface area (Å²) >= 11 is 5.85. The molecule has 0 aliphatic carbocycles. The molecule has 0 saturated heterocycles. The number of halogens is 1. The summed E-state index contributed by atoms with van der Waals surface area (Å²) in [6.45, 7) is 5.79. The van der Waals surface area contributed by atoms with Crippen LogP contribution in [0.15, 0.2) is 36.7 Å². The van der Waals surface area contributed by atoms with E-state index in [2.05, 4.69) is 10.2 Å². The van der Waals surface area contributed by atoms with E-state index in [1.807, 2.05) is 20.8 Å². The van der Waals surface area contributed by atoms with Gasteiger partial charge in [0.2, 0.25) is 6.23 Å². The van der Waals surface area contributed by atoms with Crippen LogP contribution in [0.1, 0.15) is 27.0 Å². The second-order valence-corrected chi connectivity index (χ2v) is 6.06. The number of nitrogens with zero attached hydrogens (tertiary/aromatic N) is 3. The first-order valence-electron chi connectivity index (χ1n) is 6.34. The fourth-order valence-electron chi connectivity index (χ4n) is 1.68. The second kappa shape index (κ2) is 5.81. The predicted octanol–water partition coefficient (Wildman–Crippen LogP) is 2.92. The zero-order chi connectivity index (χ0) is 14.8. The highest BCUT2D eigenvalue weighted by molar-refractivity contribution is 6.30. The Balaban J connectivity index is 2.26. The molecule has 0 fully saturated rings. The summed E-state index contributed by atoms with van der Waals surface area (Å²) in [6, 6.07) is 6.95. The van der Waals surface area contributed by atoms with Crippen LogP contribution in [-0.4, -0.2) is 26.2 Å². The normalized spacial score (nSPS) is 14.8. The van der Waals surface area contributed by atoms with E-state index in [0.29, 0.717) is 10.8 Å². The van der Waals surface area contributed by atoms with Crippen molar-refractivity contribution in [3.8, 4) is 5.75 Å². The maximum atomic E-state index is 10.5. The topological polar surface area (TPSA) is 60.2 Å². The van der Waals surface area contributed by atoms with Crippen LogP contribution in [0, 0.1) is 5.41 Å². The first-order chi connectivity index (χ1) is 9.38. The van der Waals surface area contributed by atoms with E-state index >= 15 is 0 Å². The molecule has 108 valence electrons. The lowest BCUT2D eigenvalue weighted by Crippen LogP contribution is -2.39. The molecule has 2 rings (SSSR count). The van der Waals surface area contributed by atoms with Crippen molar-refractivity contribution in [1.29, 1.82) is 0 Å². The zero-order valence-electron chi connectivity index (χ0n) is 11.7. The molecule has 2 unspecified atom stereocenters. The fourth-order valence-corrected chi connectivity index (χ4v) is 1.80. The van der Waals surface area contributed by atoms with Crippen LogP contribution < -0.4 is 4.74 Å². The number of hydrogen-bond donors (Lipinski definition) is 1. The van der Waals surface area contributed by atoms with Crippen LogP contribution in [0.4, 0.5) is 0 Å². The molecule has 6 heteroatoms. The van der Waals surface area contributed by atoms with Gasteiger partial charge in [0.15, 0.2) is 0 Å². The summed E-state index contributed by atoms with van der Waals surface area (Å²) in [7, 11) is 0. The van der Waals surface area contributed by atoms with Gasteiger partial charge in [-0.3, -0.25) is 0 Å². The van der Waals surface area contributed by atoms with Gasteiger partial charge in [-0.15, -0.1) is 4.80 Å². The first-order valence-corrected chi connectivity index (χ1v) is 6.72. The molecular formula is C14H18ClN3O2. The summed E-state index contributed by atoms with van der Waals surface area (Å²) in [6.07, 6.45) is 1.62. The molecule has 1 N–H and O–H groups in total. The Hall–Kier alpha value is -1.59. The van der Waals surface area contributed by atoms with Crippen molar-refractivity contribution in [2.75, 3.05) is 0 Å². The van der Waals surface area contributed by atoms with E-state index < -0.39 is 12.3 Å². The van der Waals surface area contributed by atoms with Crippen LogP contribution in [-0.2, 0) is 0 Å². The number of benzene rings is 1. The molecule has 2 atom stereocenters. The molecule has 0 radical (unpaired) electrons. The minimum Gasteiger partial charge on any atom is -0.464 e. The van der Waals surface area contributed by atoms with E-state index in [4.69, 9.17) is 16.3 Å². The van der Waals surface area contributed by atoms with Gasteiger partial charge in [-0.2, -0.15) is 10.2 Å². The highest BCUT2D eigenvalue weighted by Gasteiger charge is 2.34. The van der Waals surface area contributed by atoms with Crippen molar-refractivity contribution in [1.82, 2.24) is 15.0 Å². The molecule has 0 amide bonds. The van der Waals surface area contributed by atoms with Crippen LogP contribution in [0.25, 0.3) is 0 Å². The molecule has 0 aliphatic rings. The van der Waals surface area contributed by atoms with Crippen molar-refractivity contribution < 1.29 is 9.84 Å². The molecule has 1 heterocycles. The van der Waals surface area contributed by atoms with Gasteiger partial charge in [-0.05, 0) is 29.7 Å². The zero-order valence-corrected chi connectivity index (χ0v) is 12.4. The number of rotatable bonds is 4. The van der Waals surface area contributed by atoms with Gasteiger partial charge in [-0.1, -0.05) is 32.4 Å². The van der Waals surface area contributed by atoms with Crippen molar-refractivity contribution in [2.45, 2.75) is 33.1 Å². The predicted molar refractivity (Wildman–Crippen MR) is 76.6 cm³/mol. The quantitative estimate of drug-likeness (QED) is 0.942. The molecule has 1 aromatic heterocycles. The van der Waals surface area contributed by atoms with E-state index in [1.54, 1.807) is 36.7 Å². The lowest BCUT2D eigenvalue weighted by atomic mass is 9.88. The maximum Gasteiger partial charge on any atom is 0.235 e. The monoisotopic (exact) mass is 295 g/mol. The van der Waals surface area contributed by atoms with Crippen molar-refractivity contribution in [3.63, 3.8) is 0 Å². The number of hydrogen-bond acceptors (Lipinski definition) is 4. The molecular weight excluding hydrogens is 278 g/mol. The van der Waals surface area contributed by atoms with Gasteiger partial charge in [0.1, 0.15) is 11.9 Å². The Morgan fingerprint density at radius 1 is 1.15 bits per heavy atom. The number of aromatic nitrogens is 3. The summed E-state index contributed by atoms with van der Waals surface area (Å²) < 4.78 is 5.83. The third-order valence-electron chi connectivity index (χ3n) is 2.89. The summed E-state index contributed by atoms with van der Waals surface area (Å²) in [5, 5.41) is 19.2. The maximum absolute atomic E-state index is 10.5. The van der Waals surface area contributed by atoms with Crippen molar-refractivity contribution in [2.24, 2.45) is 5.41 Å². The van der Waals surface area contributed by atoms with Gasteiger partial charge < -0.3 is 9.84 Å². The highest BCUT2D eigenvalue weighted by Crippen LogP contribution is 2.30. The Morgan fingerprint density at radius 2 is 1.70 bits per heavy atom. The standard InChI is InChI=1S/C14H18ClN3O2/c1-14(2,3)12(19)13(18-16-8-9-17-18)20-11-6-4-10(15)5-7-11/h4-9,12-13,19H,1-3H3. The Labute approximate surface area is 123 Å². The molecule has 0 aliphatic heterocycles. The number of aliphatic hydroxyl groups is 1. The van der Waals surface area contributed by atoms with E-state index in [1.165, 1.54) is 4.80 Å². The molecule has 0 bridgehead atoms. The lowest BCUT2D eigenvalue weighted by molar-refractivity contribution is -0.0793. The smallest absolute Gasteiger partial charge is 0.235 e. The molecule has 20 heavy (non-hydrogen) atoms. The highest BCUT2D eigenvalue weighted by atomic mass is 35.5. The van der Waals surface area contributed by atoms with Crippen LogP contribution in [0.3, 0.4) is 0 Å². The first kappa shape index (κ1) is 14.8. The lowest BCUT2D eigenvalue weighted by Gasteiger charge is -2.32. The largest absolute Gasteiger partial charge is 0.464 e. The Morgan fingerprint density at radius 3 is 2.20 bits per heavy atom. The van der Waals surface area contributed by atoms with Crippen LogP contribution in [0.5, 0.6) is 5.75 Å². The third kappa shape index (κ3) is 3.49. The van der Waals surface area contributed by atoms with Gasteiger partial charge in [0, 0.05) is 5.02 Å². The Bertz CT molecular complexity index is 535. The molecule has 0 saturated carbocycles. The van der Waals surface area contributed by atoms with Crippen LogP contribution in [0.2, 0.25) is 5.02 Å². The third-order valence-corrected chi connectivity index (χ3v) is 3.14. The summed E-state index contributed by atoms with van der Waals surface area (Å²) in [5.41, 5.74) is -0.370.